The molecule has 1 aliphatic rings. The first-order valence-electron chi connectivity index (χ1n) is 10.7. The highest BCUT2D eigenvalue weighted by atomic mass is 32.2. The minimum Gasteiger partial charge on any atom is -0.350 e. The Labute approximate surface area is 193 Å². The molecule has 3 rings (SSSR count). The zero-order valence-electron chi connectivity index (χ0n) is 18.7. The molecule has 1 N–H and O–H groups in total. The fraction of sp³-hybridized carbons (Fsp3) is 0.417. The van der Waals surface area contributed by atoms with E-state index in [4.69, 9.17) is 9.57 Å². The van der Waals surface area contributed by atoms with Crippen LogP contribution in [0.5, 0.6) is 0 Å². The largest absolute Gasteiger partial charge is 0.350 e. The third-order valence-corrected chi connectivity index (χ3v) is 7.70. The van der Waals surface area contributed by atoms with Crippen LogP contribution < -0.4 is 11.0 Å². The number of nitrogens with one attached hydrogen (secondary N) is 1. The van der Waals surface area contributed by atoms with Gasteiger partial charge in [-0.05, 0) is 44.4 Å². The number of amides is 1. The number of hydrogen-bond donors (Lipinski definition) is 1. The molecule has 1 amide bonds. The smallest absolute Gasteiger partial charge is 0.264 e. The molecule has 33 heavy (non-hydrogen) atoms. The average Bonchev–Trinajstić information content (AvgIpc) is 2.81. The fourth-order valence-corrected chi connectivity index (χ4v) is 4.11. The second kappa shape index (κ2) is 10.8. The summed E-state index contributed by atoms with van der Waals surface area (Å²) in [7, 11) is -3.82. The number of carbonyl (C=O) groups excluding carboxylic acids is 1. The van der Waals surface area contributed by atoms with Crippen LogP contribution in [0.25, 0.3) is 0 Å². The van der Waals surface area contributed by atoms with Crippen LogP contribution in [0.2, 0.25) is 0 Å². The molecule has 2 aromatic rings. The van der Waals surface area contributed by atoms with Crippen molar-refractivity contribution in [2.45, 2.75) is 50.2 Å². The summed E-state index contributed by atoms with van der Waals surface area (Å²) in [6, 6.07) is 12.5. The molecule has 0 spiro atoms. The van der Waals surface area contributed by atoms with Crippen molar-refractivity contribution in [3.8, 4) is 11.8 Å². The number of pyridine rings is 1. The molecular formula is C24H28N2O6S. The number of rotatable bonds is 7. The zero-order chi connectivity index (χ0) is 23.9. The molecule has 9 heteroatoms. The summed E-state index contributed by atoms with van der Waals surface area (Å²) in [6.07, 6.45) is 4.27. The van der Waals surface area contributed by atoms with E-state index in [9.17, 15) is 18.0 Å². The second-order valence-corrected chi connectivity index (χ2v) is 10.6. The first kappa shape index (κ1) is 24.7. The maximum Gasteiger partial charge on any atom is 0.264 e. The number of aromatic nitrogens is 1. The SMILES string of the molecule is C[C@@](CCn1ccc(C#Cc2ccccc2)cc1=O)(C(=O)NOC1CCCCO1)S(C)(=O)=O. The number of sulfone groups is 1. The fourth-order valence-electron chi connectivity index (χ4n) is 3.27. The molecule has 1 aromatic carbocycles. The Bertz CT molecular complexity index is 1190. The molecule has 1 aliphatic heterocycles. The third kappa shape index (κ3) is 6.54. The number of hydrogen-bond acceptors (Lipinski definition) is 6. The van der Waals surface area contributed by atoms with E-state index >= 15 is 0 Å². The van der Waals surface area contributed by atoms with Gasteiger partial charge in [0.15, 0.2) is 20.9 Å². The average molecular weight is 473 g/mol. The van der Waals surface area contributed by atoms with E-state index in [1.54, 1.807) is 12.3 Å². The van der Waals surface area contributed by atoms with Crippen molar-refractivity contribution >= 4 is 15.7 Å². The van der Waals surface area contributed by atoms with Crippen LogP contribution in [0.3, 0.4) is 0 Å². The van der Waals surface area contributed by atoms with Crippen molar-refractivity contribution in [1.82, 2.24) is 10.0 Å². The van der Waals surface area contributed by atoms with Crippen LogP contribution in [0, 0.1) is 11.8 Å². The monoisotopic (exact) mass is 472 g/mol. The van der Waals surface area contributed by atoms with Crippen LogP contribution in [-0.4, -0.2) is 42.8 Å². The van der Waals surface area contributed by atoms with E-state index in [-0.39, 0.29) is 18.5 Å². The molecule has 1 aromatic heterocycles. The molecular weight excluding hydrogens is 444 g/mol. The number of hydroxylamine groups is 1. The molecule has 0 bridgehead atoms. The highest BCUT2D eigenvalue weighted by molar-refractivity contribution is 7.92. The van der Waals surface area contributed by atoms with E-state index in [0.29, 0.717) is 18.6 Å². The van der Waals surface area contributed by atoms with Crippen LogP contribution in [0.15, 0.2) is 53.5 Å². The summed E-state index contributed by atoms with van der Waals surface area (Å²) in [4.78, 5) is 30.6. The van der Waals surface area contributed by atoms with E-state index in [2.05, 4.69) is 17.3 Å². The van der Waals surface area contributed by atoms with Crippen LogP contribution >= 0.6 is 0 Å². The van der Waals surface area contributed by atoms with Crippen molar-refractivity contribution in [2.24, 2.45) is 0 Å². The molecule has 2 atom stereocenters. The Kier molecular flexibility index (Phi) is 8.08. The highest BCUT2D eigenvalue weighted by Gasteiger charge is 2.44. The normalized spacial score (nSPS) is 17.9. The molecule has 0 radical (unpaired) electrons. The third-order valence-electron chi connectivity index (χ3n) is 5.67. The predicted molar refractivity (Wildman–Crippen MR) is 124 cm³/mol. The van der Waals surface area contributed by atoms with Gasteiger partial charge in [0.1, 0.15) is 0 Å². The van der Waals surface area contributed by atoms with Gasteiger partial charge in [0.05, 0.1) is 0 Å². The van der Waals surface area contributed by atoms with Crippen molar-refractivity contribution in [1.29, 1.82) is 0 Å². The summed E-state index contributed by atoms with van der Waals surface area (Å²) in [5.41, 5.74) is 3.28. The van der Waals surface area contributed by atoms with Crippen LogP contribution in [-0.2, 0) is 30.8 Å². The van der Waals surface area contributed by atoms with Gasteiger partial charge in [-0.15, -0.1) is 0 Å². The van der Waals surface area contributed by atoms with Gasteiger partial charge in [0.2, 0.25) is 0 Å². The molecule has 1 unspecified atom stereocenters. The Balaban J connectivity index is 1.68. The van der Waals surface area contributed by atoms with E-state index < -0.39 is 26.8 Å². The first-order chi connectivity index (χ1) is 15.7. The maximum absolute atomic E-state index is 12.8. The van der Waals surface area contributed by atoms with Crippen molar-refractivity contribution in [3.63, 3.8) is 0 Å². The minimum atomic E-state index is -3.82. The van der Waals surface area contributed by atoms with Crippen molar-refractivity contribution < 1.29 is 22.8 Å². The summed E-state index contributed by atoms with van der Waals surface area (Å²) in [5.74, 6) is 5.13. The summed E-state index contributed by atoms with van der Waals surface area (Å²) in [5, 5.41) is 0. The number of carbonyl (C=O) groups is 1. The Morgan fingerprint density at radius 3 is 2.58 bits per heavy atom. The van der Waals surface area contributed by atoms with Crippen LogP contribution in [0.1, 0.15) is 43.7 Å². The van der Waals surface area contributed by atoms with Gasteiger partial charge in [-0.2, -0.15) is 0 Å². The number of nitrogens with zero attached hydrogens (tertiary/aromatic N) is 1. The lowest BCUT2D eigenvalue weighted by Gasteiger charge is -2.28. The molecule has 8 nitrogen and oxygen atoms in total. The van der Waals surface area contributed by atoms with Crippen LogP contribution in [0.4, 0.5) is 0 Å². The van der Waals surface area contributed by atoms with Gasteiger partial charge in [0.25, 0.3) is 11.5 Å². The van der Waals surface area contributed by atoms with E-state index in [1.807, 2.05) is 30.3 Å². The number of benzene rings is 1. The summed E-state index contributed by atoms with van der Waals surface area (Å²) >= 11 is 0. The number of aryl methyl sites for hydroxylation is 1. The lowest BCUT2D eigenvalue weighted by molar-refractivity contribution is -0.201. The summed E-state index contributed by atoms with van der Waals surface area (Å²) < 4.78 is 29.9. The van der Waals surface area contributed by atoms with E-state index in [1.165, 1.54) is 17.6 Å². The first-order valence-corrected chi connectivity index (χ1v) is 12.6. The maximum atomic E-state index is 12.8. The standard InChI is InChI=1S/C24H28N2O6S/c1-24(33(2,29)30,23(28)25-32-22-10-6-7-17-31-22)14-16-26-15-13-20(18-21(26)27)12-11-19-8-4-3-5-9-19/h3-5,8-9,13,15,18,22H,6-7,10,14,16-17H2,1-2H3,(H,25,28)/t22?,24-/m1/s1. The van der Waals surface area contributed by atoms with Crippen molar-refractivity contribution in [3.05, 3.63) is 70.1 Å². The zero-order valence-corrected chi connectivity index (χ0v) is 19.6. The molecule has 176 valence electrons. The molecule has 1 saturated heterocycles. The topological polar surface area (TPSA) is 104 Å². The highest BCUT2D eigenvalue weighted by Crippen LogP contribution is 2.23. The van der Waals surface area contributed by atoms with Gasteiger partial charge < -0.3 is 9.30 Å². The Morgan fingerprint density at radius 2 is 1.94 bits per heavy atom. The number of ether oxygens (including phenoxy) is 1. The molecule has 1 fully saturated rings. The van der Waals surface area contributed by atoms with Gasteiger partial charge in [-0.3, -0.25) is 9.59 Å². The Hall–Kier alpha value is -2.93. The quantitative estimate of drug-likeness (QED) is 0.488. The second-order valence-electron chi connectivity index (χ2n) is 8.16. The van der Waals surface area contributed by atoms with Crippen molar-refractivity contribution in [2.75, 3.05) is 12.9 Å². The van der Waals surface area contributed by atoms with Gasteiger partial charge >= 0.3 is 0 Å². The molecule has 0 saturated carbocycles. The predicted octanol–water partition coefficient (Wildman–Crippen LogP) is 2.02. The Morgan fingerprint density at radius 1 is 1.21 bits per heavy atom. The molecule has 2 heterocycles. The minimum absolute atomic E-state index is 0.0299. The lowest BCUT2D eigenvalue weighted by Crippen LogP contribution is -2.51. The lowest BCUT2D eigenvalue weighted by atomic mass is 10.1. The van der Waals surface area contributed by atoms with Gasteiger partial charge in [-0.1, -0.05) is 30.0 Å². The van der Waals surface area contributed by atoms with Gasteiger partial charge in [0, 0.05) is 49.2 Å². The van der Waals surface area contributed by atoms with Gasteiger partial charge in [-0.25, -0.2) is 18.7 Å². The van der Waals surface area contributed by atoms with E-state index in [0.717, 1.165) is 24.7 Å². The summed E-state index contributed by atoms with van der Waals surface area (Å²) in [6.45, 7) is 1.88. The molecule has 0 aliphatic carbocycles.